The molecular weight excluding hydrogens is 389 g/mol. The van der Waals surface area contributed by atoms with Crippen LogP contribution in [0.1, 0.15) is 18.9 Å². The highest BCUT2D eigenvalue weighted by Gasteiger charge is 2.30. The zero-order chi connectivity index (χ0) is 18.1. The van der Waals surface area contributed by atoms with Crippen molar-refractivity contribution in [3.63, 3.8) is 0 Å². The van der Waals surface area contributed by atoms with Crippen LogP contribution < -0.4 is 10.2 Å². The van der Waals surface area contributed by atoms with Gasteiger partial charge in [-0.3, -0.25) is 4.79 Å². The fourth-order valence-corrected chi connectivity index (χ4v) is 2.46. The number of alkyl halides is 2. The minimum Gasteiger partial charge on any atom is -0.486 e. The molecule has 0 fully saturated rings. The summed E-state index contributed by atoms with van der Waals surface area (Å²) in [6.07, 6.45) is 0.0906. The number of halogens is 5. The lowest BCUT2D eigenvalue weighted by molar-refractivity contribution is -0.121. The standard InChI is InChI=1S/C14H13Cl3F2N2O3/c1-6-2-9(23)20-21-12(6)7-3-8(18)13(10(15)11(7)19)24-5-14(16,17)4-22/h3,6,22H,2,4-5H2,1H3,(H,20,23). The molecule has 0 spiro atoms. The molecule has 1 heterocycles. The molecule has 1 unspecified atom stereocenters. The first-order valence-corrected chi connectivity index (χ1v) is 7.95. The predicted octanol–water partition coefficient (Wildman–Crippen LogP) is 3.02. The molecule has 0 aliphatic carbocycles. The summed E-state index contributed by atoms with van der Waals surface area (Å²) in [6.45, 7) is 0.503. The van der Waals surface area contributed by atoms with Crippen LogP contribution >= 0.6 is 34.8 Å². The van der Waals surface area contributed by atoms with E-state index in [1.54, 1.807) is 6.92 Å². The number of nitrogens with zero attached hydrogens (tertiary/aromatic N) is 1. The lowest BCUT2D eigenvalue weighted by Crippen LogP contribution is -2.32. The molecule has 1 aromatic rings. The summed E-state index contributed by atoms with van der Waals surface area (Å²) in [7, 11) is 0. The van der Waals surface area contributed by atoms with Gasteiger partial charge in [0.05, 0.1) is 12.3 Å². The molecule has 1 amide bonds. The number of rotatable bonds is 5. The van der Waals surface area contributed by atoms with Crippen LogP contribution in [0.15, 0.2) is 11.2 Å². The van der Waals surface area contributed by atoms with Crippen LogP contribution in [0.3, 0.4) is 0 Å². The number of amides is 1. The number of carbonyl (C=O) groups is 1. The van der Waals surface area contributed by atoms with Crippen molar-refractivity contribution < 1.29 is 23.4 Å². The van der Waals surface area contributed by atoms with E-state index in [1.165, 1.54) is 0 Å². The second kappa shape index (κ2) is 7.39. The van der Waals surface area contributed by atoms with E-state index in [9.17, 15) is 13.6 Å². The number of hydrazone groups is 1. The molecule has 2 N–H and O–H groups in total. The average molecular weight is 402 g/mol. The molecule has 1 atom stereocenters. The SMILES string of the molecule is CC1CC(=O)NN=C1c1cc(F)c(OCC(Cl)(Cl)CO)c(Cl)c1F. The van der Waals surface area contributed by atoms with Gasteiger partial charge in [0.15, 0.2) is 21.7 Å². The van der Waals surface area contributed by atoms with E-state index >= 15 is 0 Å². The van der Waals surface area contributed by atoms with E-state index in [0.717, 1.165) is 6.07 Å². The fraction of sp³-hybridized carbons (Fsp3) is 0.429. The third-order valence-electron chi connectivity index (χ3n) is 3.31. The minimum atomic E-state index is -1.68. The van der Waals surface area contributed by atoms with E-state index in [1.807, 2.05) is 0 Å². The number of nitrogens with one attached hydrogen (secondary N) is 1. The summed E-state index contributed by atoms with van der Waals surface area (Å²) >= 11 is 17.2. The van der Waals surface area contributed by atoms with Crippen LogP contribution in [0.5, 0.6) is 5.75 Å². The average Bonchev–Trinajstić information content (AvgIpc) is 2.51. The molecule has 132 valence electrons. The Morgan fingerprint density at radius 2 is 2.17 bits per heavy atom. The van der Waals surface area contributed by atoms with Crippen molar-refractivity contribution in [3.8, 4) is 5.75 Å². The third-order valence-corrected chi connectivity index (χ3v) is 4.11. The van der Waals surface area contributed by atoms with E-state index in [0.29, 0.717) is 0 Å². The number of hydrogen-bond donors (Lipinski definition) is 2. The van der Waals surface area contributed by atoms with E-state index < -0.39 is 45.9 Å². The number of aliphatic hydroxyl groups excluding tert-OH is 1. The van der Waals surface area contributed by atoms with Gasteiger partial charge in [0, 0.05) is 17.9 Å². The first-order valence-electron chi connectivity index (χ1n) is 6.82. The number of hydrogen-bond acceptors (Lipinski definition) is 4. The zero-order valence-electron chi connectivity index (χ0n) is 12.4. The topological polar surface area (TPSA) is 70.9 Å². The molecule has 1 aliphatic heterocycles. The molecule has 1 aliphatic rings. The molecule has 0 radical (unpaired) electrons. The van der Waals surface area contributed by atoms with Gasteiger partial charge in [0.25, 0.3) is 0 Å². The predicted molar refractivity (Wildman–Crippen MR) is 86.8 cm³/mol. The van der Waals surface area contributed by atoms with Crippen molar-refractivity contribution in [2.45, 2.75) is 17.7 Å². The Labute approximate surface area is 151 Å². The zero-order valence-corrected chi connectivity index (χ0v) is 14.6. The third kappa shape index (κ3) is 4.08. The highest BCUT2D eigenvalue weighted by Crippen LogP contribution is 2.35. The second-order valence-corrected chi connectivity index (χ2v) is 7.32. The Hall–Kier alpha value is -1.15. The molecule has 0 aromatic heterocycles. The van der Waals surface area contributed by atoms with Crippen LogP contribution in [-0.2, 0) is 4.79 Å². The summed E-state index contributed by atoms with van der Waals surface area (Å²) in [5.41, 5.74) is 2.20. The van der Waals surface area contributed by atoms with Gasteiger partial charge in [0.1, 0.15) is 11.6 Å². The van der Waals surface area contributed by atoms with Gasteiger partial charge in [0.2, 0.25) is 5.91 Å². The monoisotopic (exact) mass is 400 g/mol. The Balaban J connectivity index is 2.37. The smallest absolute Gasteiger partial charge is 0.240 e. The number of ether oxygens (including phenoxy) is 1. The van der Waals surface area contributed by atoms with Crippen LogP contribution in [0.25, 0.3) is 0 Å². The summed E-state index contributed by atoms with van der Waals surface area (Å²) in [4.78, 5) is 11.3. The first-order chi connectivity index (χ1) is 11.2. The van der Waals surface area contributed by atoms with Crippen LogP contribution in [0.2, 0.25) is 5.02 Å². The second-order valence-electron chi connectivity index (χ2n) is 5.30. The molecule has 0 saturated heterocycles. The number of benzene rings is 1. The lowest BCUT2D eigenvalue weighted by Gasteiger charge is -2.22. The maximum atomic E-state index is 14.5. The van der Waals surface area contributed by atoms with Gasteiger partial charge in [-0.1, -0.05) is 41.7 Å². The Bertz CT molecular complexity index is 698. The van der Waals surface area contributed by atoms with Crippen molar-refractivity contribution in [1.82, 2.24) is 5.43 Å². The summed E-state index contributed by atoms with van der Waals surface area (Å²) < 4.78 is 32.1. The molecule has 1 aromatic carbocycles. The Morgan fingerprint density at radius 1 is 1.50 bits per heavy atom. The van der Waals surface area contributed by atoms with Crippen molar-refractivity contribution in [1.29, 1.82) is 0 Å². The molecule has 5 nitrogen and oxygen atoms in total. The highest BCUT2D eigenvalue weighted by molar-refractivity contribution is 6.48. The number of aliphatic hydroxyl groups is 1. The summed E-state index contributed by atoms with van der Waals surface area (Å²) in [6, 6.07) is 0.868. The molecular formula is C14H13Cl3F2N2O3. The van der Waals surface area contributed by atoms with Gasteiger partial charge in [-0.15, -0.1) is 0 Å². The quantitative estimate of drug-likeness (QED) is 0.588. The van der Waals surface area contributed by atoms with Crippen LogP contribution in [0, 0.1) is 17.6 Å². The lowest BCUT2D eigenvalue weighted by atomic mass is 9.93. The Morgan fingerprint density at radius 3 is 2.75 bits per heavy atom. The van der Waals surface area contributed by atoms with Gasteiger partial charge in [-0.25, -0.2) is 14.2 Å². The van der Waals surface area contributed by atoms with Crippen molar-refractivity contribution in [2.24, 2.45) is 11.0 Å². The largest absolute Gasteiger partial charge is 0.486 e. The maximum absolute atomic E-state index is 14.5. The minimum absolute atomic E-state index is 0.0906. The summed E-state index contributed by atoms with van der Waals surface area (Å²) in [5.74, 6) is -3.21. The van der Waals surface area contributed by atoms with E-state index in [-0.39, 0.29) is 23.6 Å². The summed E-state index contributed by atoms with van der Waals surface area (Å²) in [5, 5.41) is 12.1. The molecule has 0 bridgehead atoms. The fourth-order valence-electron chi connectivity index (χ4n) is 2.10. The van der Waals surface area contributed by atoms with Gasteiger partial charge >= 0.3 is 0 Å². The highest BCUT2D eigenvalue weighted by atomic mass is 35.5. The van der Waals surface area contributed by atoms with Crippen LogP contribution in [-0.4, -0.2) is 34.3 Å². The van der Waals surface area contributed by atoms with Crippen molar-refractivity contribution >= 4 is 46.4 Å². The number of carbonyl (C=O) groups excluding carboxylic acids is 1. The molecule has 2 rings (SSSR count). The molecule has 24 heavy (non-hydrogen) atoms. The van der Waals surface area contributed by atoms with Crippen LogP contribution in [0.4, 0.5) is 8.78 Å². The van der Waals surface area contributed by atoms with Crippen molar-refractivity contribution in [3.05, 3.63) is 28.3 Å². The van der Waals surface area contributed by atoms with Gasteiger partial charge in [-0.2, -0.15) is 5.10 Å². The first kappa shape index (κ1) is 19.2. The molecule has 0 saturated carbocycles. The van der Waals surface area contributed by atoms with Crippen molar-refractivity contribution in [2.75, 3.05) is 13.2 Å². The van der Waals surface area contributed by atoms with E-state index in [4.69, 9.17) is 44.6 Å². The van der Waals surface area contributed by atoms with Gasteiger partial charge < -0.3 is 9.84 Å². The van der Waals surface area contributed by atoms with Gasteiger partial charge in [-0.05, 0) is 6.07 Å². The molecule has 10 heteroatoms. The Kier molecular flexibility index (Phi) is 5.91. The van der Waals surface area contributed by atoms with E-state index in [2.05, 4.69) is 10.5 Å². The maximum Gasteiger partial charge on any atom is 0.240 e. The normalized spacial score (nSPS) is 18.2.